The van der Waals surface area contributed by atoms with Crippen molar-refractivity contribution in [2.45, 2.75) is 26.3 Å². The minimum Gasteiger partial charge on any atom is -0.382 e. The molecule has 0 fully saturated rings. The van der Waals surface area contributed by atoms with Crippen molar-refractivity contribution in [1.82, 2.24) is 5.32 Å². The molecule has 0 aliphatic rings. The zero-order chi connectivity index (χ0) is 12.1. The van der Waals surface area contributed by atoms with Gasteiger partial charge < -0.3 is 10.6 Å². The van der Waals surface area contributed by atoms with Crippen molar-refractivity contribution in [2.75, 3.05) is 12.4 Å². The molecule has 0 radical (unpaired) electrons. The molecular formula is C12H17BrN2O. The lowest BCUT2D eigenvalue weighted by Crippen LogP contribution is -2.27. The Hall–Kier alpha value is -1.03. The fraction of sp³-hybridized carbons (Fsp3) is 0.417. The number of anilines is 1. The summed E-state index contributed by atoms with van der Waals surface area (Å²) >= 11 is 3.48. The average molecular weight is 285 g/mol. The quantitative estimate of drug-likeness (QED) is 0.893. The molecule has 88 valence electrons. The van der Waals surface area contributed by atoms with E-state index in [0.29, 0.717) is 6.42 Å². The van der Waals surface area contributed by atoms with Crippen LogP contribution >= 0.6 is 15.9 Å². The third kappa shape index (κ3) is 3.52. The van der Waals surface area contributed by atoms with Gasteiger partial charge in [0.2, 0.25) is 5.91 Å². The van der Waals surface area contributed by atoms with Crippen LogP contribution in [-0.4, -0.2) is 19.0 Å². The molecule has 2 N–H and O–H groups in total. The molecule has 0 spiro atoms. The van der Waals surface area contributed by atoms with E-state index < -0.39 is 0 Å². The predicted molar refractivity (Wildman–Crippen MR) is 70.6 cm³/mol. The van der Waals surface area contributed by atoms with E-state index in [0.717, 1.165) is 15.7 Å². The Balaban J connectivity index is 2.66. The summed E-state index contributed by atoms with van der Waals surface area (Å²) in [6, 6.07) is 6.11. The van der Waals surface area contributed by atoms with Crippen molar-refractivity contribution in [3.63, 3.8) is 0 Å². The van der Waals surface area contributed by atoms with E-state index in [1.54, 1.807) is 7.05 Å². The molecule has 0 aliphatic carbocycles. The first-order valence-electron chi connectivity index (χ1n) is 5.26. The number of amides is 1. The largest absolute Gasteiger partial charge is 0.382 e. The molecule has 1 unspecified atom stereocenters. The zero-order valence-electron chi connectivity index (χ0n) is 9.80. The first-order valence-corrected chi connectivity index (χ1v) is 6.06. The fourth-order valence-corrected chi connectivity index (χ4v) is 1.83. The molecule has 1 aromatic rings. The second-order valence-corrected chi connectivity index (χ2v) is 4.69. The lowest BCUT2D eigenvalue weighted by Gasteiger charge is -2.16. The molecule has 3 nitrogen and oxygen atoms in total. The van der Waals surface area contributed by atoms with Crippen LogP contribution in [0.15, 0.2) is 22.7 Å². The Labute approximate surface area is 105 Å². The normalized spacial score (nSPS) is 12.0. The number of rotatable bonds is 4. The van der Waals surface area contributed by atoms with Gasteiger partial charge in [-0.05, 0) is 31.5 Å². The molecule has 0 saturated carbocycles. The van der Waals surface area contributed by atoms with Gasteiger partial charge in [-0.3, -0.25) is 4.79 Å². The van der Waals surface area contributed by atoms with Gasteiger partial charge >= 0.3 is 0 Å². The minimum atomic E-state index is 0.0487. The van der Waals surface area contributed by atoms with Gasteiger partial charge in [-0.15, -0.1) is 0 Å². The number of nitrogens with one attached hydrogen (secondary N) is 2. The maximum atomic E-state index is 11.2. The first-order chi connectivity index (χ1) is 7.54. The highest BCUT2D eigenvalue weighted by Gasteiger charge is 2.09. The molecule has 0 saturated heterocycles. The van der Waals surface area contributed by atoms with Crippen LogP contribution in [0, 0.1) is 6.92 Å². The lowest BCUT2D eigenvalue weighted by atomic mass is 10.1. The SMILES string of the molecule is CNC(=O)CC(C)Nc1cccc(Br)c1C. The highest BCUT2D eigenvalue weighted by atomic mass is 79.9. The second-order valence-electron chi connectivity index (χ2n) is 3.84. The van der Waals surface area contributed by atoms with Gasteiger partial charge in [-0.1, -0.05) is 22.0 Å². The summed E-state index contributed by atoms with van der Waals surface area (Å²) in [5.41, 5.74) is 2.22. The Bertz CT molecular complexity index is 379. The van der Waals surface area contributed by atoms with Crippen molar-refractivity contribution in [1.29, 1.82) is 0 Å². The summed E-state index contributed by atoms with van der Waals surface area (Å²) in [7, 11) is 1.65. The molecule has 0 heterocycles. The van der Waals surface area contributed by atoms with Crippen molar-refractivity contribution >= 4 is 27.5 Å². The molecule has 1 rings (SSSR count). The summed E-state index contributed by atoms with van der Waals surface area (Å²) in [5.74, 6) is 0.0487. The standard InChI is InChI=1S/C12H17BrN2O/c1-8(7-12(16)14-3)15-11-6-4-5-10(13)9(11)2/h4-6,8,15H,7H2,1-3H3,(H,14,16). The fourth-order valence-electron chi connectivity index (χ4n) is 1.46. The van der Waals surface area contributed by atoms with Crippen molar-refractivity contribution in [3.05, 3.63) is 28.2 Å². The van der Waals surface area contributed by atoms with E-state index >= 15 is 0 Å². The number of benzene rings is 1. The van der Waals surface area contributed by atoms with Crippen LogP contribution in [0.3, 0.4) is 0 Å². The summed E-state index contributed by atoms with van der Waals surface area (Å²) in [5, 5.41) is 5.94. The Morgan fingerprint density at radius 1 is 1.50 bits per heavy atom. The monoisotopic (exact) mass is 284 g/mol. The molecule has 1 aromatic carbocycles. The molecular weight excluding hydrogens is 268 g/mol. The topological polar surface area (TPSA) is 41.1 Å². The van der Waals surface area contributed by atoms with Crippen LogP contribution in [0.2, 0.25) is 0 Å². The van der Waals surface area contributed by atoms with Crippen LogP contribution in [0.1, 0.15) is 18.9 Å². The third-order valence-electron chi connectivity index (χ3n) is 2.44. The van der Waals surface area contributed by atoms with Gasteiger partial charge in [0.05, 0.1) is 0 Å². The van der Waals surface area contributed by atoms with Crippen LogP contribution in [0.4, 0.5) is 5.69 Å². The Kier molecular flexibility index (Phi) is 4.80. The van der Waals surface area contributed by atoms with Gasteiger partial charge in [0.25, 0.3) is 0 Å². The maximum Gasteiger partial charge on any atom is 0.221 e. The van der Waals surface area contributed by atoms with Gasteiger partial charge in [-0.2, -0.15) is 0 Å². The average Bonchev–Trinajstić information content (AvgIpc) is 2.24. The minimum absolute atomic E-state index is 0.0487. The molecule has 0 bridgehead atoms. The molecule has 1 atom stereocenters. The zero-order valence-corrected chi connectivity index (χ0v) is 11.4. The third-order valence-corrected chi connectivity index (χ3v) is 3.30. The van der Waals surface area contributed by atoms with Crippen molar-refractivity contribution in [3.8, 4) is 0 Å². The van der Waals surface area contributed by atoms with E-state index in [1.807, 2.05) is 32.0 Å². The molecule has 0 aliphatic heterocycles. The highest BCUT2D eigenvalue weighted by molar-refractivity contribution is 9.10. The smallest absolute Gasteiger partial charge is 0.221 e. The molecule has 16 heavy (non-hydrogen) atoms. The van der Waals surface area contributed by atoms with Gasteiger partial charge in [0.1, 0.15) is 0 Å². The van der Waals surface area contributed by atoms with Gasteiger partial charge in [-0.25, -0.2) is 0 Å². The number of hydrogen-bond acceptors (Lipinski definition) is 2. The van der Waals surface area contributed by atoms with Gasteiger partial charge in [0.15, 0.2) is 0 Å². The maximum absolute atomic E-state index is 11.2. The molecule has 4 heteroatoms. The summed E-state index contributed by atoms with van der Waals surface area (Å²) in [6.07, 6.45) is 0.475. The first kappa shape index (κ1) is 13.0. The van der Waals surface area contributed by atoms with E-state index in [1.165, 1.54) is 0 Å². The summed E-state index contributed by atoms with van der Waals surface area (Å²) in [4.78, 5) is 11.2. The van der Waals surface area contributed by atoms with E-state index in [2.05, 4.69) is 26.6 Å². The number of halogens is 1. The number of hydrogen-bond donors (Lipinski definition) is 2. The van der Waals surface area contributed by atoms with Gasteiger partial charge in [0, 0.05) is 29.7 Å². The van der Waals surface area contributed by atoms with Crippen LogP contribution in [-0.2, 0) is 4.79 Å². The predicted octanol–water partition coefficient (Wildman–Crippen LogP) is 2.69. The molecule has 0 aromatic heterocycles. The lowest BCUT2D eigenvalue weighted by molar-refractivity contribution is -0.120. The highest BCUT2D eigenvalue weighted by Crippen LogP contribution is 2.24. The number of carbonyl (C=O) groups excluding carboxylic acids is 1. The Morgan fingerprint density at radius 3 is 2.81 bits per heavy atom. The van der Waals surface area contributed by atoms with E-state index in [4.69, 9.17) is 0 Å². The van der Waals surface area contributed by atoms with E-state index in [9.17, 15) is 4.79 Å². The second kappa shape index (κ2) is 5.89. The summed E-state index contributed by atoms with van der Waals surface area (Å²) < 4.78 is 1.07. The molecule has 1 amide bonds. The van der Waals surface area contributed by atoms with Crippen molar-refractivity contribution in [2.24, 2.45) is 0 Å². The van der Waals surface area contributed by atoms with Crippen molar-refractivity contribution < 1.29 is 4.79 Å². The Morgan fingerprint density at radius 2 is 2.19 bits per heavy atom. The van der Waals surface area contributed by atoms with E-state index in [-0.39, 0.29) is 11.9 Å². The van der Waals surface area contributed by atoms with Crippen LogP contribution < -0.4 is 10.6 Å². The van der Waals surface area contributed by atoms with Crippen LogP contribution in [0.25, 0.3) is 0 Å². The number of carbonyl (C=O) groups is 1. The van der Waals surface area contributed by atoms with Crippen LogP contribution in [0.5, 0.6) is 0 Å². The summed E-state index contributed by atoms with van der Waals surface area (Å²) in [6.45, 7) is 4.04.